The van der Waals surface area contributed by atoms with Crippen LogP contribution in [0.15, 0.2) is 29.2 Å². The molecule has 2 rings (SSSR count). The van der Waals surface area contributed by atoms with E-state index in [-0.39, 0.29) is 42.5 Å². The molecule has 0 bridgehead atoms. The van der Waals surface area contributed by atoms with Crippen LogP contribution in [0.2, 0.25) is 0 Å². The number of esters is 1. The van der Waals surface area contributed by atoms with Crippen molar-refractivity contribution in [3.05, 3.63) is 24.3 Å². The number of hydrogen-bond acceptors (Lipinski definition) is 6. The minimum Gasteiger partial charge on any atom is -0.494 e. The van der Waals surface area contributed by atoms with Gasteiger partial charge in [-0.15, -0.1) is 0 Å². The number of sulfonamides is 1. The molecule has 1 aromatic carbocycles. The van der Waals surface area contributed by atoms with Crippen LogP contribution in [0.1, 0.15) is 46.5 Å². The first-order chi connectivity index (χ1) is 13.7. The highest BCUT2D eigenvalue weighted by Gasteiger charge is 2.29. The van der Waals surface area contributed by atoms with E-state index in [9.17, 15) is 18.0 Å². The Labute approximate surface area is 172 Å². The summed E-state index contributed by atoms with van der Waals surface area (Å²) in [6.45, 7) is 5.88. The van der Waals surface area contributed by atoms with E-state index in [0.717, 1.165) is 19.3 Å². The van der Waals surface area contributed by atoms with Gasteiger partial charge >= 0.3 is 5.97 Å². The summed E-state index contributed by atoms with van der Waals surface area (Å²) in [6, 6.07) is 6.27. The van der Waals surface area contributed by atoms with Crippen LogP contribution in [0.25, 0.3) is 0 Å². The summed E-state index contributed by atoms with van der Waals surface area (Å²) in [5.41, 5.74) is 0. The number of benzene rings is 1. The molecule has 0 aliphatic carbocycles. The molecular weight excluding hydrogens is 396 g/mol. The Hall–Kier alpha value is -2.13. The lowest BCUT2D eigenvalue weighted by Gasteiger charge is -2.38. The van der Waals surface area contributed by atoms with Crippen LogP contribution in [-0.2, 0) is 24.3 Å². The molecule has 0 spiro atoms. The van der Waals surface area contributed by atoms with Crippen LogP contribution in [0, 0.1) is 0 Å². The molecule has 9 heteroatoms. The van der Waals surface area contributed by atoms with Gasteiger partial charge in [0.2, 0.25) is 10.0 Å². The van der Waals surface area contributed by atoms with Crippen molar-refractivity contribution in [3.8, 4) is 5.75 Å². The smallest absolute Gasteiger partial charge is 0.307 e. The van der Waals surface area contributed by atoms with Crippen LogP contribution in [0.4, 0.5) is 0 Å². The number of ether oxygens (including phenoxy) is 2. The summed E-state index contributed by atoms with van der Waals surface area (Å²) in [5.74, 6) is -0.255. The van der Waals surface area contributed by atoms with Gasteiger partial charge in [-0.3, -0.25) is 9.59 Å². The van der Waals surface area contributed by atoms with Crippen LogP contribution in [0.5, 0.6) is 5.75 Å². The van der Waals surface area contributed by atoms with E-state index in [1.54, 1.807) is 17.0 Å². The second-order valence-electron chi connectivity index (χ2n) is 7.14. The zero-order chi connectivity index (χ0) is 21.4. The standard InChI is InChI=1S/C20H30N2O6S/c1-4-27-17-8-10-18(11-9-17)29(25,26)21-13-12-20(24)28-14-19(23)22-15(2)6-5-7-16(22)3/h8-11,15-16,21H,4-7,12-14H2,1-3H3. The van der Waals surface area contributed by atoms with Crippen molar-refractivity contribution in [3.63, 3.8) is 0 Å². The molecule has 1 fully saturated rings. The lowest BCUT2D eigenvalue weighted by Crippen LogP contribution is -2.49. The van der Waals surface area contributed by atoms with Crippen LogP contribution < -0.4 is 9.46 Å². The van der Waals surface area contributed by atoms with E-state index in [2.05, 4.69) is 4.72 Å². The van der Waals surface area contributed by atoms with E-state index in [1.165, 1.54) is 12.1 Å². The second-order valence-corrected chi connectivity index (χ2v) is 8.91. The van der Waals surface area contributed by atoms with Gasteiger partial charge < -0.3 is 14.4 Å². The fraction of sp³-hybridized carbons (Fsp3) is 0.600. The molecule has 1 heterocycles. The number of amides is 1. The molecule has 0 aromatic heterocycles. The third kappa shape index (κ3) is 6.71. The molecule has 29 heavy (non-hydrogen) atoms. The van der Waals surface area contributed by atoms with Crippen LogP contribution in [0.3, 0.4) is 0 Å². The lowest BCUT2D eigenvalue weighted by atomic mass is 9.97. The fourth-order valence-electron chi connectivity index (χ4n) is 3.45. The summed E-state index contributed by atoms with van der Waals surface area (Å²) < 4.78 is 37.2. The summed E-state index contributed by atoms with van der Waals surface area (Å²) in [5, 5.41) is 0. The average Bonchev–Trinajstić information content (AvgIpc) is 2.67. The number of nitrogens with one attached hydrogen (secondary N) is 1. The predicted octanol–water partition coefficient (Wildman–Crippen LogP) is 2.09. The molecule has 1 aliphatic rings. The zero-order valence-corrected chi connectivity index (χ0v) is 18.0. The normalized spacial score (nSPS) is 19.6. The monoisotopic (exact) mass is 426 g/mol. The zero-order valence-electron chi connectivity index (χ0n) is 17.2. The van der Waals surface area contributed by atoms with Gasteiger partial charge in [-0.05, 0) is 64.3 Å². The van der Waals surface area contributed by atoms with Crippen molar-refractivity contribution in [2.24, 2.45) is 0 Å². The highest BCUT2D eigenvalue weighted by atomic mass is 32.2. The predicted molar refractivity (Wildman–Crippen MR) is 108 cm³/mol. The van der Waals surface area contributed by atoms with Crippen LogP contribution in [-0.4, -0.2) is 57.0 Å². The summed E-state index contributed by atoms with van der Waals surface area (Å²) >= 11 is 0. The summed E-state index contributed by atoms with van der Waals surface area (Å²) in [7, 11) is -3.74. The number of likely N-dealkylation sites (tertiary alicyclic amines) is 1. The molecule has 1 saturated heterocycles. The average molecular weight is 427 g/mol. The second kappa shape index (κ2) is 10.6. The number of nitrogens with zero attached hydrogens (tertiary/aromatic N) is 1. The first-order valence-electron chi connectivity index (χ1n) is 9.94. The van der Waals surface area contributed by atoms with E-state index in [1.807, 2.05) is 20.8 Å². The van der Waals surface area contributed by atoms with Gasteiger partial charge in [0.05, 0.1) is 17.9 Å². The van der Waals surface area contributed by atoms with E-state index in [4.69, 9.17) is 9.47 Å². The minimum atomic E-state index is -3.74. The molecule has 1 N–H and O–H groups in total. The Morgan fingerprint density at radius 2 is 1.76 bits per heavy atom. The molecule has 2 atom stereocenters. The Bertz CT molecular complexity index is 784. The first kappa shape index (κ1) is 23.2. The maximum absolute atomic E-state index is 12.3. The van der Waals surface area contributed by atoms with Gasteiger partial charge in [0, 0.05) is 18.6 Å². The Balaban J connectivity index is 1.76. The van der Waals surface area contributed by atoms with E-state index >= 15 is 0 Å². The number of carbonyl (C=O) groups excluding carboxylic acids is 2. The van der Waals surface area contributed by atoms with Gasteiger partial charge in [-0.1, -0.05) is 0 Å². The van der Waals surface area contributed by atoms with Gasteiger partial charge in [-0.25, -0.2) is 13.1 Å². The van der Waals surface area contributed by atoms with Crippen molar-refractivity contribution in [1.82, 2.24) is 9.62 Å². The summed E-state index contributed by atoms with van der Waals surface area (Å²) in [4.78, 5) is 26.1. The molecule has 0 radical (unpaired) electrons. The Morgan fingerprint density at radius 3 is 2.34 bits per heavy atom. The minimum absolute atomic E-state index is 0.0811. The molecule has 162 valence electrons. The molecule has 0 saturated carbocycles. The largest absolute Gasteiger partial charge is 0.494 e. The molecule has 8 nitrogen and oxygen atoms in total. The lowest BCUT2D eigenvalue weighted by molar-refractivity contribution is -0.154. The number of piperidine rings is 1. The summed E-state index contributed by atoms with van der Waals surface area (Å²) in [6.07, 6.45) is 2.81. The molecule has 1 aromatic rings. The van der Waals surface area contributed by atoms with Crippen molar-refractivity contribution >= 4 is 21.9 Å². The van der Waals surface area contributed by atoms with Crippen molar-refractivity contribution < 1.29 is 27.5 Å². The van der Waals surface area contributed by atoms with Gasteiger partial charge in [0.1, 0.15) is 5.75 Å². The maximum atomic E-state index is 12.3. The highest BCUT2D eigenvalue weighted by molar-refractivity contribution is 7.89. The van der Waals surface area contributed by atoms with E-state index < -0.39 is 16.0 Å². The van der Waals surface area contributed by atoms with Gasteiger partial charge in [0.25, 0.3) is 5.91 Å². The van der Waals surface area contributed by atoms with E-state index in [0.29, 0.717) is 12.4 Å². The fourth-order valence-corrected chi connectivity index (χ4v) is 4.49. The molecule has 2 unspecified atom stereocenters. The molecule has 1 amide bonds. The quantitative estimate of drug-likeness (QED) is 0.607. The van der Waals surface area contributed by atoms with Crippen molar-refractivity contribution in [2.75, 3.05) is 19.8 Å². The first-order valence-corrected chi connectivity index (χ1v) is 11.4. The van der Waals surface area contributed by atoms with Gasteiger partial charge in [0.15, 0.2) is 6.61 Å². The highest BCUT2D eigenvalue weighted by Crippen LogP contribution is 2.22. The number of hydrogen-bond donors (Lipinski definition) is 1. The van der Waals surface area contributed by atoms with Gasteiger partial charge in [-0.2, -0.15) is 0 Å². The number of rotatable bonds is 9. The van der Waals surface area contributed by atoms with Crippen molar-refractivity contribution in [2.45, 2.75) is 63.4 Å². The topological polar surface area (TPSA) is 102 Å². The third-order valence-electron chi connectivity index (χ3n) is 4.90. The Kier molecular flexibility index (Phi) is 8.45. The van der Waals surface area contributed by atoms with Crippen molar-refractivity contribution in [1.29, 1.82) is 0 Å². The third-order valence-corrected chi connectivity index (χ3v) is 6.38. The van der Waals surface area contributed by atoms with Crippen LogP contribution >= 0.6 is 0 Å². The maximum Gasteiger partial charge on any atom is 0.307 e. The SMILES string of the molecule is CCOc1ccc(S(=O)(=O)NCCC(=O)OCC(=O)N2C(C)CCCC2C)cc1. The Morgan fingerprint density at radius 1 is 1.14 bits per heavy atom. The molecule has 1 aliphatic heterocycles. The molecular formula is C20H30N2O6S. The number of carbonyl (C=O) groups is 2.